The molecule has 4 rings (SSSR count). The minimum absolute atomic E-state index is 0.00666. The number of hydrogen-bond acceptors (Lipinski definition) is 7. The van der Waals surface area contributed by atoms with Crippen molar-refractivity contribution in [2.45, 2.75) is 45.0 Å². The predicted molar refractivity (Wildman–Crippen MR) is 146 cm³/mol. The maximum Gasteiger partial charge on any atom is 0.573 e. The van der Waals surface area contributed by atoms with Crippen LogP contribution in [-0.4, -0.2) is 48.9 Å². The number of aryl methyl sites for hydroxylation is 1. The zero-order valence-electron chi connectivity index (χ0n) is 22.5. The van der Waals surface area contributed by atoms with Crippen molar-refractivity contribution in [2.75, 3.05) is 5.32 Å². The van der Waals surface area contributed by atoms with Crippen molar-refractivity contribution >= 4 is 29.1 Å². The molecular formula is C27H23ClF5N7O4. The van der Waals surface area contributed by atoms with Crippen LogP contribution in [-0.2, 0) is 30.8 Å². The van der Waals surface area contributed by atoms with E-state index in [0.717, 1.165) is 28.9 Å². The van der Waals surface area contributed by atoms with Gasteiger partial charge in [0.25, 0.3) is 11.5 Å². The van der Waals surface area contributed by atoms with E-state index in [1.54, 1.807) is 0 Å². The van der Waals surface area contributed by atoms with E-state index in [-0.39, 0.29) is 54.6 Å². The molecular weight excluding hydrogens is 617 g/mol. The highest BCUT2D eigenvalue weighted by atomic mass is 35.5. The van der Waals surface area contributed by atoms with Gasteiger partial charge in [0.2, 0.25) is 5.91 Å². The maximum absolute atomic E-state index is 14.7. The third-order valence-corrected chi connectivity index (χ3v) is 6.12. The number of nitrogens with one attached hydrogen (secondary N) is 2. The van der Waals surface area contributed by atoms with Gasteiger partial charge in [0.15, 0.2) is 5.69 Å². The first-order valence-corrected chi connectivity index (χ1v) is 13.2. The molecule has 17 heteroatoms. The number of halogens is 6. The molecule has 1 unspecified atom stereocenters. The minimum atomic E-state index is -4.85. The predicted octanol–water partition coefficient (Wildman–Crippen LogP) is 4.07. The third-order valence-electron chi connectivity index (χ3n) is 5.92. The number of alkyl halides is 4. The van der Waals surface area contributed by atoms with Crippen molar-refractivity contribution in [3.8, 4) is 5.75 Å². The van der Waals surface area contributed by atoms with Crippen molar-refractivity contribution in [2.24, 2.45) is 0 Å². The van der Waals surface area contributed by atoms with E-state index in [0.29, 0.717) is 5.56 Å². The molecule has 1 aromatic carbocycles. The Labute approximate surface area is 250 Å². The Balaban J connectivity index is 1.23. The van der Waals surface area contributed by atoms with Gasteiger partial charge in [0.1, 0.15) is 17.7 Å². The first-order valence-electron chi connectivity index (χ1n) is 12.8. The van der Waals surface area contributed by atoms with Gasteiger partial charge in [0, 0.05) is 37.2 Å². The van der Waals surface area contributed by atoms with Crippen LogP contribution in [0.3, 0.4) is 0 Å². The van der Waals surface area contributed by atoms with Gasteiger partial charge >= 0.3 is 6.36 Å². The molecule has 2 amide bonds. The van der Waals surface area contributed by atoms with Gasteiger partial charge in [-0.25, -0.2) is 13.5 Å². The summed E-state index contributed by atoms with van der Waals surface area (Å²) in [5, 5.41) is 12.4. The number of rotatable bonds is 12. The smallest absolute Gasteiger partial charge is 0.406 e. The van der Waals surface area contributed by atoms with Crippen LogP contribution in [0.4, 0.5) is 27.6 Å². The number of pyridine rings is 2. The molecule has 0 aliphatic carbocycles. The van der Waals surface area contributed by atoms with Gasteiger partial charge < -0.3 is 19.9 Å². The fourth-order valence-electron chi connectivity index (χ4n) is 3.89. The topological polar surface area (TPSA) is 133 Å². The Hall–Kier alpha value is -4.86. The van der Waals surface area contributed by atoms with Crippen molar-refractivity contribution < 1.29 is 36.3 Å². The molecule has 44 heavy (non-hydrogen) atoms. The molecule has 0 saturated heterocycles. The lowest BCUT2D eigenvalue weighted by molar-refractivity contribution is -0.274. The molecule has 4 aromatic rings. The highest BCUT2D eigenvalue weighted by molar-refractivity contribution is 6.30. The Morgan fingerprint density at radius 2 is 1.93 bits per heavy atom. The fraction of sp³-hybridized carbons (Fsp3) is 0.259. The molecule has 0 fully saturated rings. The average molecular weight is 640 g/mol. The lowest BCUT2D eigenvalue weighted by atomic mass is 10.2. The van der Waals surface area contributed by atoms with Gasteiger partial charge in [-0.05, 0) is 36.2 Å². The lowest BCUT2D eigenvalue weighted by Gasteiger charge is -2.11. The van der Waals surface area contributed by atoms with Crippen molar-refractivity contribution in [3.63, 3.8) is 0 Å². The Morgan fingerprint density at radius 1 is 1.14 bits per heavy atom. The summed E-state index contributed by atoms with van der Waals surface area (Å²) in [6, 6.07) is 8.67. The summed E-state index contributed by atoms with van der Waals surface area (Å²) in [5.41, 5.74) is -0.256. The SMILES string of the molecule is O=C(Cc1ncc(Cl)cc1F)Nc1ccn(CCC(F)Cn2cc(C(=O)NCc3cccc(OC(F)(F)F)c3)nn2)c(=O)c1. The second-order valence-corrected chi connectivity index (χ2v) is 9.78. The van der Waals surface area contributed by atoms with Gasteiger partial charge in [-0.2, -0.15) is 0 Å². The summed E-state index contributed by atoms with van der Waals surface area (Å²) < 4.78 is 71.9. The molecule has 0 radical (unpaired) electrons. The highest BCUT2D eigenvalue weighted by Gasteiger charge is 2.31. The van der Waals surface area contributed by atoms with Gasteiger partial charge in [-0.3, -0.25) is 19.4 Å². The normalized spacial score (nSPS) is 12.0. The molecule has 3 heterocycles. The average Bonchev–Trinajstić information content (AvgIpc) is 3.40. The second-order valence-electron chi connectivity index (χ2n) is 9.34. The van der Waals surface area contributed by atoms with E-state index in [2.05, 4.69) is 30.7 Å². The number of carbonyl (C=O) groups excluding carboxylic acids is 2. The molecule has 3 aromatic heterocycles. The molecule has 2 N–H and O–H groups in total. The number of hydrogen-bond donors (Lipinski definition) is 2. The maximum atomic E-state index is 14.7. The molecule has 0 bridgehead atoms. The number of carbonyl (C=O) groups is 2. The van der Waals surface area contributed by atoms with Crippen molar-refractivity contribution in [1.29, 1.82) is 0 Å². The second kappa shape index (κ2) is 14.1. The summed E-state index contributed by atoms with van der Waals surface area (Å²) in [5.74, 6) is -2.46. The molecule has 232 valence electrons. The summed E-state index contributed by atoms with van der Waals surface area (Å²) >= 11 is 5.65. The van der Waals surface area contributed by atoms with E-state index in [9.17, 15) is 36.3 Å². The first-order chi connectivity index (χ1) is 20.8. The van der Waals surface area contributed by atoms with Crippen LogP contribution in [0.5, 0.6) is 5.75 Å². The van der Waals surface area contributed by atoms with Crippen LogP contribution in [0.1, 0.15) is 28.2 Å². The van der Waals surface area contributed by atoms with Crippen LogP contribution >= 0.6 is 11.6 Å². The summed E-state index contributed by atoms with van der Waals surface area (Å²) in [6.45, 7) is -0.398. The van der Waals surface area contributed by atoms with Crippen LogP contribution in [0.2, 0.25) is 5.02 Å². The number of ether oxygens (including phenoxy) is 1. The zero-order valence-corrected chi connectivity index (χ0v) is 23.3. The number of benzene rings is 1. The van der Waals surface area contributed by atoms with Crippen molar-refractivity contribution in [3.05, 3.63) is 99.2 Å². The molecule has 1 atom stereocenters. The zero-order chi connectivity index (χ0) is 31.9. The minimum Gasteiger partial charge on any atom is -0.406 e. The number of nitrogens with zero attached hydrogens (tertiary/aromatic N) is 5. The quantitative estimate of drug-likeness (QED) is 0.223. The standard InChI is InChI=1S/C27H23ClF5N7O4/c28-17-9-21(30)22(34-13-17)11-24(41)36-19-5-7-39(25(42)10-19)6-4-18(29)14-40-15-23(37-38-40)26(43)35-12-16-2-1-3-20(8-16)44-27(31,32)33/h1-3,5,7-10,13,15,18H,4,6,11-12,14H2,(H,35,43)(H,36,41). The van der Waals surface area contributed by atoms with E-state index in [1.807, 2.05) is 0 Å². The molecule has 0 saturated carbocycles. The third kappa shape index (κ3) is 9.58. The monoisotopic (exact) mass is 639 g/mol. The Bertz CT molecular complexity index is 1700. The van der Waals surface area contributed by atoms with Crippen molar-refractivity contribution in [1.82, 2.24) is 29.9 Å². The van der Waals surface area contributed by atoms with Crippen LogP contribution in [0, 0.1) is 5.82 Å². The van der Waals surface area contributed by atoms with E-state index >= 15 is 0 Å². The summed E-state index contributed by atoms with van der Waals surface area (Å²) in [7, 11) is 0. The van der Waals surface area contributed by atoms with Gasteiger partial charge in [-0.15, -0.1) is 18.3 Å². The molecule has 0 aliphatic heterocycles. The molecule has 0 spiro atoms. The highest BCUT2D eigenvalue weighted by Crippen LogP contribution is 2.23. The molecule has 11 nitrogen and oxygen atoms in total. The van der Waals surface area contributed by atoms with E-state index in [1.165, 1.54) is 41.4 Å². The summed E-state index contributed by atoms with van der Waals surface area (Å²) in [6.07, 6.45) is -3.01. The first kappa shape index (κ1) is 32.1. The van der Waals surface area contributed by atoms with E-state index < -0.39 is 41.5 Å². The molecule has 0 aliphatic rings. The van der Waals surface area contributed by atoms with Gasteiger partial charge in [0.05, 0.1) is 29.9 Å². The van der Waals surface area contributed by atoms with E-state index in [4.69, 9.17) is 11.6 Å². The number of amides is 2. The number of anilines is 1. The Kier molecular flexibility index (Phi) is 10.3. The van der Waals surface area contributed by atoms with Crippen LogP contribution in [0.25, 0.3) is 0 Å². The largest absolute Gasteiger partial charge is 0.573 e. The van der Waals surface area contributed by atoms with Crippen LogP contribution in [0.15, 0.2) is 65.8 Å². The summed E-state index contributed by atoms with van der Waals surface area (Å²) in [4.78, 5) is 40.8. The Morgan fingerprint density at radius 3 is 2.66 bits per heavy atom. The van der Waals surface area contributed by atoms with Gasteiger partial charge in [-0.1, -0.05) is 28.9 Å². The fourth-order valence-corrected chi connectivity index (χ4v) is 4.04. The number of aromatic nitrogens is 5. The van der Waals surface area contributed by atoms with Crippen LogP contribution < -0.4 is 20.9 Å². The lowest BCUT2D eigenvalue weighted by Crippen LogP contribution is -2.24.